The molecule has 0 unspecified atom stereocenters. The quantitative estimate of drug-likeness (QED) is 0.578. The predicted molar refractivity (Wildman–Crippen MR) is 74.8 cm³/mol. The maximum Gasteiger partial charge on any atom is 0.264 e. The summed E-state index contributed by atoms with van der Waals surface area (Å²) in [4.78, 5) is 7.93. The third-order valence-corrected chi connectivity index (χ3v) is 3.84. The molecule has 106 valence electrons. The molecule has 4 N–H and O–H groups in total. The lowest BCUT2D eigenvalue weighted by molar-refractivity contribution is 0.477. The monoisotopic (exact) mass is 294 g/mol. The molecule has 1 aromatic carbocycles. The molecular weight excluding hydrogens is 280 g/mol. The van der Waals surface area contributed by atoms with Gasteiger partial charge >= 0.3 is 0 Å². The van der Waals surface area contributed by atoms with Crippen LogP contribution in [0.5, 0.6) is 5.75 Å². The molecule has 0 spiro atoms. The Hall–Kier alpha value is -2.35. The number of nitrogens with one attached hydrogen (secondary N) is 1. The van der Waals surface area contributed by atoms with Crippen LogP contribution in [0, 0.1) is 13.8 Å². The molecule has 0 amide bonds. The molecule has 0 aliphatic rings. The minimum absolute atomic E-state index is 0.00542. The van der Waals surface area contributed by atoms with Crippen LogP contribution in [0.25, 0.3) is 0 Å². The number of aromatic hydroxyl groups is 1. The highest BCUT2D eigenvalue weighted by Crippen LogP contribution is 2.24. The third kappa shape index (κ3) is 2.97. The first-order chi connectivity index (χ1) is 9.28. The Morgan fingerprint density at radius 1 is 1.15 bits per heavy atom. The molecule has 7 nitrogen and oxygen atoms in total. The summed E-state index contributed by atoms with van der Waals surface area (Å²) in [5, 5.41) is 9.31. The number of nitrogens with zero attached hydrogens (tertiary/aromatic N) is 2. The van der Waals surface area contributed by atoms with E-state index in [9.17, 15) is 13.5 Å². The van der Waals surface area contributed by atoms with Gasteiger partial charge in [-0.1, -0.05) is 0 Å². The Bertz CT molecular complexity index is 739. The van der Waals surface area contributed by atoms with Crippen LogP contribution in [-0.2, 0) is 10.0 Å². The average molecular weight is 294 g/mol. The van der Waals surface area contributed by atoms with Gasteiger partial charge in [-0.25, -0.2) is 23.1 Å². The van der Waals surface area contributed by atoms with Crippen molar-refractivity contribution in [3.05, 3.63) is 35.7 Å². The second-order valence-electron chi connectivity index (χ2n) is 4.30. The summed E-state index contributed by atoms with van der Waals surface area (Å²) in [6.45, 7) is 3.48. The Morgan fingerprint density at radius 3 is 2.30 bits per heavy atom. The first-order valence-electron chi connectivity index (χ1n) is 5.71. The van der Waals surface area contributed by atoms with Crippen LogP contribution in [0.15, 0.2) is 29.2 Å². The third-order valence-electron chi connectivity index (χ3n) is 2.52. The second-order valence-corrected chi connectivity index (χ2v) is 5.98. The van der Waals surface area contributed by atoms with Gasteiger partial charge in [-0.05, 0) is 38.1 Å². The summed E-state index contributed by atoms with van der Waals surface area (Å²) >= 11 is 0. The Morgan fingerprint density at radius 2 is 1.75 bits per heavy atom. The molecular formula is C12H14N4O3S. The normalized spacial score (nSPS) is 11.3. The first-order valence-corrected chi connectivity index (χ1v) is 7.20. The molecule has 0 aliphatic heterocycles. The van der Waals surface area contributed by atoms with Gasteiger partial charge in [0.15, 0.2) is 0 Å². The van der Waals surface area contributed by atoms with Crippen molar-refractivity contribution >= 4 is 21.7 Å². The van der Waals surface area contributed by atoms with E-state index in [4.69, 9.17) is 5.73 Å². The van der Waals surface area contributed by atoms with E-state index in [0.29, 0.717) is 11.4 Å². The lowest BCUT2D eigenvalue weighted by Gasteiger charge is -2.09. The zero-order valence-electron chi connectivity index (χ0n) is 11.0. The number of rotatable bonds is 3. The van der Waals surface area contributed by atoms with E-state index in [0.717, 1.165) is 0 Å². The van der Waals surface area contributed by atoms with E-state index in [2.05, 4.69) is 14.7 Å². The van der Waals surface area contributed by atoms with Crippen LogP contribution in [0.3, 0.4) is 0 Å². The lowest BCUT2D eigenvalue weighted by atomic mass is 10.3. The van der Waals surface area contributed by atoms with Gasteiger partial charge in [0.1, 0.15) is 5.75 Å². The van der Waals surface area contributed by atoms with Crippen molar-refractivity contribution in [2.24, 2.45) is 0 Å². The van der Waals surface area contributed by atoms with Crippen molar-refractivity contribution < 1.29 is 13.5 Å². The van der Waals surface area contributed by atoms with Crippen molar-refractivity contribution in [2.45, 2.75) is 18.7 Å². The number of nitrogens with two attached hydrogens (primary N) is 1. The molecule has 0 saturated heterocycles. The van der Waals surface area contributed by atoms with Crippen LogP contribution in [-0.4, -0.2) is 23.5 Å². The number of phenols is 1. The maximum atomic E-state index is 12.2. The zero-order valence-corrected chi connectivity index (χ0v) is 11.8. The van der Waals surface area contributed by atoms with Crippen molar-refractivity contribution in [3.63, 3.8) is 0 Å². The predicted octanol–water partition coefficient (Wildman–Crippen LogP) is 1.18. The Labute approximate surface area is 116 Å². The van der Waals surface area contributed by atoms with Crippen molar-refractivity contribution in [3.8, 4) is 5.75 Å². The van der Waals surface area contributed by atoms with Gasteiger partial charge in [-0.15, -0.1) is 0 Å². The van der Waals surface area contributed by atoms with Crippen molar-refractivity contribution in [1.82, 2.24) is 9.97 Å². The summed E-state index contributed by atoms with van der Waals surface area (Å²) in [6.07, 6.45) is 0. The summed E-state index contributed by atoms with van der Waals surface area (Å²) in [5.74, 6) is -0.180. The van der Waals surface area contributed by atoms with E-state index in [-0.39, 0.29) is 22.3 Å². The van der Waals surface area contributed by atoms with E-state index in [1.54, 1.807) is 19.9 Å². The molecule has 0 fully saturated rings. The largest absolute Gasteiger partial charge is 0.506 e. The number of hydrogen-bond acceptors (Lipinski definition) is 6. The molecule has 2 aromatic rings. The fraction of sp³-hybridized carbons (Fsp3) is 0.167. The smallest absolute Gasteiger partial charge is 0.264 e. The lowest BCUT2D eigenvalue weighted by Crippen LogP contribution is -2.16. The van der Waals surface area contributed by atoms with Gasteiger partial charge in [0.05, 0.1) is 10.6 Å². The molecule has 0 aliphatic carbocycles. The molecule has 2 rings (SSSR count). The number of nitrogen functional groups attached to an aromatic ring is 1. The highest BCUT2D eigenvalue weighted by Gasteiger charge is 2.17. The van der Waals surface area contributed by atoms with Gasteiger partial charge < -0.3 is 10.8 Å². The number of benzene rings is 1. The van der Waals surface area contributed by atoms with Crippen molar-refractivity contribution in [2.75, 3.05) is 10.5 Å². The summed E-state index contributed by atoms with van der Waals surface area (Å²) in [5.41, 5.74) is 6.77. The molecule has 0 radical (unpaired) electrons. The fourth-order valence-corrected chi connectivity index (χ4v) is 2.63. The van der Waals surface area contributed by atoms with Crippen LogP contribution in [0.4, 0.5) is 11.6 Å². The van der Waals surface area contributed by atoms with E-state index in [1.165, 1.54) is 18.2 Å². The van der Waals surface area contributed by atoms with E-state index < -0.39 is 10.0 Å². The Kier molecular flexibility index (Phi) is 3.49. The van der Waals surface area contributed by atoms with Crippen LogP contribution < -0.4 is 10.5 Å². The minimum atomic E-state index is -3.85. The number of aryl methyl sites for hydroxylation is 2. The zero-order chi connectivity index (χ0) is 14.9. The van der Waals surface area contributed by atoms with Crippen LogP contribution in [0.2, 0.25) is 0 Å². The fourth-order valence-electron chi connectivity index (χ4n) is 1.65. The standard InChI is InChI=1S/C12H14N4O3S/c1-7-5-8(2)15-12(14-7)16-20(18,19)9-3-4-11(17)10(13)6-9/h3-6,17H,13H2,1-2H3,(H,14,15,16). The van der Waals surface area contributed by atoms with E-state index in [1.807, 2.05) is 0 Å². The van der Waals surface area contributed by atoms with Gasteiger partial charge in [0.2, 0.25) is 5.95 Å². The molecule has 0 atom stereocenters. The second kappa shape index (κ2) is 4.97. The van der Waals surface area contributed by atoms with Gasteiger partial charge in [-0.2, -0.15) is 0 Å². The minimum Gasteiger partial charge on any atom is -0.506 e. The molecule has 1 aromatic heterocycles. The molecule has 0 bridgehead atoms. The Balaban J connectivity index is 2.37. The van der Waals surface area contributed by atoms with Crippen LogP contribution in [0.1, 0.15) is 11.4 Å². The van der Waals surface area contributed by atoms with Crippen LogP contribution >= 0.6 is 0 Å². The van der Waals surface area contributed by atoms with Gasteiger partial charge in [0.25, 0.3) is 10.0 Å². The molecule has 8 heteroatoms. The number of anilines is 2. The van der Waals surface area contributed by atoms with E-state index >= 15 is 0 Å². The number of phenolic OH excluding ortho intramolecular Hbond substituents is 1. The first kappa shape index (κ1) is 14.1. The number of sulfonamides is 1. The number of hydrogen-bond donors (Lipinski definition) is 3. The highest BCUT2D eigenvalue weighted by molar-refractivity contribution is 7.92. The summed E-state index contributed by atoms with van der Waals surface area (Å²) < 4.78 is 26.6. The molecule has 1 heterocycles. The molecule has 0 saturated carbocycles. The van der Waals surface area contributed by atoms with Gasteiger partial charge in [0, 0.05) is 11.4 Å². The number of aromatic nitrogens is 2. The molecule has 20 heavy (non-hydrogen) atoms. The van der Waals surface area contributed by atoms with Gasteiger partial charge in [-0.3, -0.25) is 0 Å². The van der Waals surface area contributed by atoms with Crippen molar-refractivity contribution in [1.29, 1.82) is 0 Å². The maximum absolute atomic E-state index is 12.2. The highest BCUT2D eigenvalue weighted by atomic mass is 32.2. The SMILES string of the molecule is Cc1cc(C)nc(NS(=O)(=O)c2ccc(O)c(N)c2)n1. The summed E-state index contributed by atoms with van der Waals surface area (Å²) in [7, 11) is -3.85. The summed E-state index contributed by atoms with van der Waals surface area (Å²) in [6, 6.07) is 5.36. The average Bonchev–Trinajstić information content (AvgIpc) is 2.30. The topological polar surface area (TPSA) is 118 Å².